The molecule has 1 aromatic rings. The van der Waals surface area contributed by atoms with Gasteiger partial charge in [-0.2, -0.15) is 5.26 Å². The number of benzene rings is 1. The van der Waals surface area contributed by atoms with Crippen molar-refractivity contribution in [1.82, 2.24) is 0 Å². The first-order chi connectivity index (χ1) is 6.36. The molecule has 0 unspecified atom stereocenters. The Morgan fingerprint density at radius 3 is 2.36 bits per heavy atom. The third-order valence-corrected chi connectivity index (χ3v) is 3.16. The third-order valence-electron chi connectivity index (χ3n) is 1.82. The zero-order valence-electron chi connectivity index (χ0n) is 7.70. The van der Waals surface area contributed by atoms with Crippen LogP contribution >= 0.6 is 10.7 Å². The van der Waals surface area contributed by atoms with Crippen molar-refractivity contribution in [1.29, 1.82) is 5.26 Å². The second-order valence-corrected chi connectivity index (χ2v) is 5.54. The second kappa shape index (κ2) is 3.60. The lowest BCUT2D eigenvalue weighted by Gasteiger charge is -2.04. The maximum absolute atomic E-state index is 11.1. The van der Waals surface area contributed by atoms with E-state index in [9.17, 15) is 8.42 Å². The van der Waals surface area contributed by atoms with Gasteiger partial charge in [0.15, 0.2) is 0 Å². The molecule has 0 aliphatic rings. The Morgan fingerprint density at radius 1 is 1.36 bits per heavy atom. The van der Waals surface area contributed by atoms with E-state index in [-0.39, 0.29) is 10.5 Å². The minimum Gasteiger partial charge on any atom is -0.207 e. The highest BCUT2D eigenvalue weighted by Gasteiger charge is 2.17. The predicted octanol–water partition coefficient (Wildman–Crippen LogP) is 2.10. The van der Waals surface area contributed by atoms with Crippen LogP contribution in [0.15, 0.2) is 17.0 Å². The van der Waals surface area contributed by atoms with Crippen LogP contribution in [-0.4, -0.2) is 8.42 Å². The van der Waals surface area contributed by atoms with Gasteiger partial charge in [-0.25, -0.2) is 8.42 Å². The lowest BCUT2D eigenvalue weighted by molar-refractivity contribution is 0.609. The Kier molecular flexibility index (Phi) is 2.84. The SMILES string of the molecule is Cc1cc(C)c(C#N)c(S(=O)(=O)Cl)c1. The number of nitrogens with zero attached hydrogens (tertiary/aromatic N) is 1. The van der Waals surface area contributed by atoms with E-state index in [0.29, 0.717) is 5.56 Å². The van der Waals surface area contributed by atoms with Crippen LogP contribution in [0.25, 0.3) is 0 Å². The summed E-state index contributed by atoms with van der Waals surface area (Å²) >= 11 is 0. The van der Waals surface area contributed by atoms with E-state index in [1.165, 1.54) is 6.07 Å². The van der Waals surface area contributed by atoms with E-state index >= 15 is 0 Å². The molecule has 0 saturated heterocycles. The van der Waals surface area contributed by atoms with Gasteiger partial charge in [0, 0.05) is 10.7 Å². The predicted molar refractivity (Wildman–Crippen MR) is 53.7 cm³/mol. The number of hydrogen-bond acceptors (Lipinski definition) is 3. The van der Waals surface area contributed by atoms with Crippen LogP contribution in [-0.2, 0) is 9.05 Å². The average molecular weight is 230 g/mol. The molecule has 74 valence electrons. The first-order valence-corrected chi connectivity index (χ1v) is 6.13. The molecule has 0 N–H and O–H groups in total. The minimum atomic E-state index is -3.84. The van der Waals surface area contributed by atoms with Gasteiger partial charge in [-0.15, -0.1) is 0 Å². The molecule has 0 aliphatic heterocycles. The van der Waals surface area contributed by atoms with Crippen LogP contribution in [0.3, 0.4) is 0 Å². The molecule has 0 amide bonds. The third kappa shape index (κ3) is 2.06. The Balaban J connectivity index is 3.68. The fraction of sp³-hybridized carbons (Fsp3) is 0.222. The van der Waals surface area contributed by atoms with Crippen molar-refractivity contribution in [2.24, 2.45) is 0 Å². The molecule has 0 saturated carbocycles. The highest BCUT2D eigenvalue weighted by molar-refractivity contribution is 8.13. The fourth-order valence-electron chi connectivity index (χ4n) is 1.26. The van der Waals surface area contributed by atoms with E-state index < -0.39 is 9.05 Å². The summed E-state index contributed by atoms with van der Waals surface area (Å²) in [5.74, 6) is 0. The molecule has 0 aliphatic carbocycles. The number of nitriles is 1. The van der Waals surface area contributed by atoms with Gasteiger partial charge in [0.05, 0.1) is 5.56 Å². The summed E-state index contributed by atoms with van der Waals surface area (Å²) in [6.07, 6.45) is 0. The molecule has 14 heavy (non-hydrogen) atoms. The lowest BCUT2D eigenvalue weighted by Crippen LogP contribution is -1.98. The smallest absolute Gasteiger partial charge is 0.207 e. The Labute approximate surface area is 87.4 Å². The molecule has 0 aromatic heterocycles. The Morgan fingerprint density at radius 2 is 1.93 bits per heavy atom. The lowest BCUT2D eigenvalue weighted by atomic mass is 10.1. The number of rotatable bonds is 1. The molecule has 5 heteroatoms. The minimum absolute atomic E-state index is 0.112. The largest absolute Gasteiger partial charge is 0.262 e. The molecule has 3 nitrogen and oxygen atoms in total. The maximum atomic E-state index is 11.1. The molecule has 0 radical (unpaired) electrons. The van der Waals surface area contributed by atoms with Crippen molar-refractivity contribution in [3.63, 3.8) is 0 Å². The zero-order chi connectivity index (χ0) is 10.9. The Bertz CT molecular complexity index is 514. The molecule has 0 spiro atoms. The highest BCUT2D eigenvalue weighted by Crippen LogP contribution is 2.23. The average Bonchev–Trinajstić information content (AvgIpc) is 2.01. The molecule has 0 atom stereocenters. The normalized spacial score (nSPS) is 11.0. The van der Waals surface area contributed by atoms with Crippen molar-refractivity contribution in [2.45, 2.75) is 18.7 Å². The molecule has 0 heterocycles. The van der Waals surface area contributed by atoms with Crippen LogP contribution < -0.4 is 0 Å². The summed E-state index contributed by atoms with van der Waals surface area (Å²) in [6, 6.07) is 4.97. The highest BCUT2D eigenvalue weighted by atomic mass is 35.7. The van der Waals surface area contributed by atoms with Crippen LogP contribution in [0.4, 0.5) is 0 Å². The van der Waals surface area contributed by atoms with E-state index in [4.69, 9.17) is 15.9 Å². The first kappa shape index (κ1) is 11.0. The summed E-state index contributed by atoms with van der Waals surface area (Å²) in [5, 5.41) is 8.78. The first-order valence-electron chi connectivity index (χ1n) is 3.82. The van der Waals surface area contributed by atoms with Gasteiger partial charge in [0.1, 0.15) is 11.0 Å². The number of aryl methyl sites for hydroxylation is 2. The fourth-order valence-corrected chi connectivity index (χ4v) is 2.41. The number of halogens is 1. The van der Waals surface area contributed by atoms with E-state index in [1.54, 1.807) is 19.9 Å². The van der Waals surface area contributed by atoms with Gasteiger partial charge < -0.3 is 0 Å². The second-order valence-electron chi connectivity index (χ2n) is 3.00. The quantitative estimate of drug-likeness (QED) is 0.693. The molecular formula is C9H8ClNO2S. The van der Waals surface area contributed by atoms with Crippen molar-refractivity contribution >= 4 is 19.7 Å². The van der Waals surface area contributed by atoms with Gasteiger partial charge in [-0.3, -0.25) is 0 Å². The molecule has 0 bridgehead atoms. The van der Waals surface area contributed by atoms with E-state index in [2.05, 4.69) is 0 Å². The van der Waals surface area contributed by atoms with Crippen LogP contribution in [0.5, 0.6) is 0 Å². The van der Waals surface area contributed by atoms with Crippen molar-refractivity contribution in [3.8, 4) is 6.07 Å². The molecule has 0 fully saturated rings. The topological polar surface area (TPSA) is 57.9 Å². The molecule has 1 aromatic carbocycles. The van der Waals surface area contributed by atoms with Crippen molar-refractivity contribution in [3.05, 3.63) is 28.8 Å². The summed E-state index contributed by atoms with van der Waals surface area (Å²) in [7, 11) is 1.37. The van der Waals surface area contributed by atoms with Crippen LogP contribution in [0.1, 0.15) is 16.7 Å². The van der Waals surface area contributed by atoms with Crippen molar-refractivity contribution in [2.75, 3.05) is 0 Å². The van der Waals surface area contributed by atoms with Gasteiger partial charge >= 0.3 is 0 Å². The van der Waals surface area contributed by atoms with Crippen LogP contribution in [0.2, 0.25) is 0 Å². The number of hydrogen-bond donors (Lipinski definition) is 0. The molecule has 1 rings (SSSR count). The van der Waals surface area contributed by atoms with E-state index in [0.717, 1.165) is 5.56 Å². The molecular weight excluding hydrogens is 222 g/mol. The monoisotopic (exact) mass is 229 g/mol. The van der Waals surface area contributed by atoms with Gasteiger partial charge in [0.25, 0.3) is 9.05 Å². The van der Waals surface area contributed by atoms with Crippen LogP contribution in [0, 0.1) is 25.2 Å². The summed E-state index contributed by atoms with van der Waals surface area (Å²) in [6.45, 7) is 3.43. The van der Waals surface area contributed by atoms with E-state index in [1.807, 2.05) is 6.07 Å². The summed E-state index contributed by atoms with van der Waals surface area (Å²) < 4.78 is 22.3. The maximum Gasteiger partial charge on any atom is 0.262 e. The zero-order valence-corrected chi connectivity index (χ0v) is 9.28. The summed E-state index contributed by atoms with van der Waals surface area (Å²) in [4.78, 5) is -0.112. The van der Waals surface area contributed by atoms with Gasteiger partial charge in [0.2, 0.25) is 0 Å². The standard InChI is InChI=1S/C9H8ClNO2S/c1-6-3-7(2)8(5-11)9(4-6)14(10,12)13/h3-4H,1-2H3. The van der Waals surface area contributed by atoms with Crippen molar-refractivity contribution < 1.29 is 8.42 Å². The summed E-state index contributed by atoms with van der Waals surface area (Å²) in [5.41, 5.74) is 1.50. The Hall–Kier alpha value is -1.05. The van der Waals surface area contributed by atoms with Gasteiger partial charge in [-0.05, 0) is 31.0 Å². The van der Waals surface area contributed by atoms with Gasteiger partial charge in [-0.1, -0.05) is 6.07 Å².